The molecule has 0 aliphatic heterocycles. The van der Waals surface area contributed by atoms with E-state index in [1.807, 2.05) is 0 Å². The van der Waals surface area contributed by atoms with E-state index in [2.05, 4.69) is 27.7 Å². The van der Waals surface area contributed by atoms with Crippen LogP contribution < -0.4 is 5.32 Å². The Hall–Kier alpha value is -1.59. The number of amides is 1. The highest BCUT2D eigenvalue weighted by Crippen LogP contribution is 2.21. The largest absolute Gasteiger partial charge is 0.388 e. The highest BCUT2D eigenvalue weighted by Gasteiger charge is 2.18. The average molecular weight is 266 g/mol. The number of hydrogen-bond acceptors (Lipinski definition) is 5. The van der Waals surface area contributed by atoms with Gasteiger partial charge in [-0.3, -0.25) is 4.79 Å². The molecule has 0 aliphatic rings. The summed E-state index contributed by atoms with van der Waals surface area (Å²) >= 11 is 4.49. The normalized spacial score (nSPS) is 13.3. The van der Waals surface area contributed by atoms with Gasteiger partial charge in [-0.15, -0.1) is 0 Å². The molecule has 0 fully saturated rings. The number of aliphatic imine (C=N–C) groups is 1. The summed E-state index contributed by atoms with van der Waals surface area (Å²) in [4.78, 5) is 14.5. The second kappa shape index (κ2) is 6.98. The summed E-state index contributed by atoms with van der Waals surface area (Å²) in [5.41, 5.74) is 1.05. The summed E-state index contributed by atoms with van der Waals surface area (Å²) in [6.45, 7) is 1.32. The van der Waals surface area contributed by atoms with E-state index in [9.17, 15) is 15.0 Å². The van der Waals surface area contributed by atoms with Crippen LogP contribution in [0.2, 0.25) is 0 Å². The van der Waals surface area contributed by atoms with Gasteiger partial charge in [-0.05, 0) is 29.9 Å². The molecule has 0 saturated carbocycles. The summed E-state index contributed by atoms with van der Waals surface area (Å²) < 4.78 is 0. The quantitative estimate of drug-likeness (QED) is 0.547. The van der Waals surface area contributed by atoms with Crippen molar-refractivity contribution < 1.29 is 15.0 Å². The van der Waals surface area contributed by atoms with Gasteiger partial charge >= 0.3 is 0 Å². The van der Waals surface area contributed by atoms with Gasteiger partial charge in [0.05, 0.1) is 10.8 Å². The Labute approximate surface area is 110 Å². The molecule has 2 atom stereocenters. The monoisotopic (exact) mass is 266 g/mol. The fourth-order valence-corrected chi connectivity index (χ4v) is 1.52. The van der Waals surface area contributed by atoms with Crippen LogP contribution in [0.5, 0.6) is 0 Å². The first-order valence-electron chi connectivity index (χ1n) is 5.33. The first kappa shape index (κ1) is 14.5. The molecule has 3 N–H and O–H groups in total. The molecule has 18 heavy (non-hydrogen) atoms. The molecule has 1 aromatic rings. The average Bonchev–Trinajstić information content (AvgIpc) is 2.35. The minimum atomic E-state index is -1.10. The Morgan fingerprint density at radius 2 is 2.28 bits per heavy atom. The van der Waals surface area contributed by atoms with Crippen LogP contribution in [0.1, 0.15) is 18.6 Å². The number of nitrogens with zero attached hydrogens (tertiary/aromatic N) is 1. The van der Waals surface area contributed by atoms with Crippen molar-refractivity contribution >= 4 is 29.0 Å². The van der Waals surface area contributed by atoms with Crippen molar-refractivity contribution in [2.75, 3.05) is 6.54 Å². The summed E-state index contributed by atoms with van der Waals surface area (Å²) in [5, 5.41) is 24.3. The van der Waals surface area contributed by atoms with Gasteiger partial charge in [0.2, 0.25) is 5.91 Å². The number of nitrogens with one attached hydrogen (secondary N) is 1. The number of aliphatic hydroxyl groups excluding tert-OH is 2. The van der Waals surface area contributed by atoms with Crippen LogP contribution >= 0.6 is 12.2 Å². The molecule has 0 bridgehead atoms. The molecule has 96 valence electrons. The fraction of sp³-hybridized carbons (Fsp3) is 0.333. The number of hydrogen-bond donors (Lipinski definition) is 3. The molecule has 0 spiro atoms. The molecule has 1 aromatic carbocycles. The Balaban J connectivity index is 2.76. The third-order valence-electron chi connectivity index (χ3n) is 2.31. The summed E-state index contributed by atoms with van der Waals surface area (Å²) in [6, 6.07) is 6.65. The van der Waals surface area contributed by atoms with E-state index in [1.165, 1.54) is 6.92 Å². The van der Waals surface area contributed by atoms with E-state index in [-0.39, 0.29) is 12.5 Å². The predicted octanol–water partition coefficient (Wildman–Crippen LogP) is 0.951. The SMILES string of the molecule is CC(=O)NCC(O)C(O)c1cccc(N=C=S)c1. The zero-order valence-corrected chi connectivity index (χ0v) is 10.6. The van der Waals surface area contributed by atoms with Crippen LogP contribution in [-0.2, 0) is 4.79 Å². The van der Waals surface area contributed by atoms with Gasteiger partial charge in [-0.1, -0.05) is 12.1 Å². The van der Waals surface area contributed by atoms with E-state index < -0.39 is 12.2 Å². The third-order valence-corrected chi connectivity index (χ3v) is 2.40. The minimum Gasteiger partial charge on any atom is -0.388 e. The number of rotatable bonds is 5. The second-order valence-electron chi connectivity index (χ2n) is 3.75. The molecule has 5 nitrogen and oxygen atoms in total. The van der Waals surface area contributed by atoms with E-state index in [0.29, 0.717) is 11.3 Å². The molecule has 2 unspecified atom stereocenters. The minimum absolute atomic E-state index is 0.0167. The summed E-state index contributed by atoms with van der Waals surface area (Å²) in [5.74, 6) is -0.264. The zero-order valence-electron chi connectivity index (χ0n) is 9.83. The maximum Gasteiger partial charge on any atom is 0.216 e. The van der Waals surface area contributed by atoms with Crippen molar-refractivity contribution in [1.29, 1.82) is 0 Å². The molecule has 6 heteroatoms. The van der Waals surface area contributed by atoms with Crippen LogP contribution in [0.25, 0.3) is 0 Å². The van der Waals surface area contributed by atoms with Crippen molar-refractivity contribution in [3.63, 3.8) is 0 Å². The van der Waals surface area contributed by atoms with Crippen LogP contribution in [-0.4, -0.2) is 33.9 Å². The zero-order chi connectivity index (χ0) is 13.5. The smallest absolute Gasteiger partial charge is 0.216 e. The summed E-state index contributed by atoms with van der Waals surface area (Å²) in [7, 11) is 0. The van der Waals surface area contributed by atoms with Crippen molar-refractivity contribution in [2.24, 2.45) is 4.99 Å². The number of carbonyl (C=O) groups is 1. The van der Waals surface area contributed by atoms with E-state index in [1.54, 1.807) is 24.3 Å². The molecule has 1 rings (SSSR count). The molecule has 0 heterocycles. The van der Waals surface area contributed by atoms with Gasteiger partial charge in [0.15, 0.2) is 0 Å². The lowest BCUT2D eigenvalue weighted by atomic mass is 10.0. The van der Waals surface area contributed by atoms with E-state index in [4.69, 9.17) is 0 Å². The lowest BCUT2D eigenvalue weighted by molar-refractivity contribution is -0.119. The number of thiocarbonyl (C=S) groups is 1. The highest BCUT2D eigenvalue weighted by atomic mass is 32.1. The van der Waals surface area contributed by atoms with Gasteiger partial charge in [0, 0.05) is 13.5 Å². The molecule has 0 aromatic heterocycles. The third kappa shape index (κ3) is 4.35. The molecular weight excluding hydrogens is 252 g/mol. The summed E-state index contributed by atoms with van der Waals surface area (Å²) in [6.07, 6.45) is -2.18. The van der Waals surface area contributed by atoms with Gasteiger partial charge < -0.3 is 15.5 Å². The first-order chi connectivity index (χ1) is 8.54. The standard InChI is InChI=1S/C12H14N2O3S/c1-8(15)13-6-11(16)12(17)9-3-2-4-10(5-9)14-7-18/h2-5,11-12,16-17H,6H2,1H3,(H,13,15). The van der Waals surface area contributed by atoms with Crippen molar-refractivity contribution in [3.8, 4) is 0 Å². The van der Waals surface area contributed by atoms with E-state index in [0.717, 1.165) is 0 Å². The molecule has 0 radical (unpaired) electrons. The first-order valence-corrected chi connectivity index (χ1v) is 5.74. The number of carbonyl (C=O) groups excluding carboxylic acids is 1. The number of aliphatic hydroxyl groups is 2. The van der Waals surface area contributed by atoms with Gasteiger partial charge in [-0.25, -0.2) is 0 Å². The lowest BCUT2D eigenvalue weighted by Gasteiger charge is -2.18. The topological polar surface area (TPSA) is 81.9 Å². The Morgan fingerprint density at radius 1 is 1.56 bits per heavy atom. The van der Waals surface area contributed by atoms with Crippen molar-refractivity contribution in [1.82, 2.24) is 5.32 Å². The predicted molar refractivity (Wildman–Crippen MR) is 70.8 cm³/mol. The molecule has 1 amide bonds. The second-order valence-corrected chi connectivity index (χ2v) is 3.93. The van der Waals surface area contributed by atoms with Gasteiger partial charge in [-0.2, -0.15) is 4.99 Å². The van der Waals surface area contributed by atoms with Crippen molar-refractivity contribution in [3.05, 3.63) is 29.8 Å². The van der Waals surface area contributed by atoms with Gasteiger partial charge in [0.1, 0.15) is 12.2 Å². The van der Waals surface area contributed by atoms with Crippen LogP contribution in [0, 0.1) is 0 Å². The molecule has 0 aliphatic carbocycles. The number of benzene rings is 1. The lowest BCUT2D eigenvalue weighted by Crippen LogP contribution is -2.34. The molecular formula is C12H14N2O3S. The van der Waals surface area contributed by atoms with Crippen LogP contribution in [0.15, 0.2) is 29.3 Å². The van der Waals surface area contributed by atoms with Crippen LogP contribution in [0.4, 0.5) is 5.69 Å². The maximum absolute atomic E-state index is 10.7. The van der Waals surface area contributed by atoms with Crippen LogP contribution in [0.3, 0.4) is 0 Å². The van der Waals surface area contributed by atoms with Gasteiger partial charge in [0.25, 0.3) is 0 Å². The van der Waals surface area contributed by atoms with Crippen molar-refractivity contribution in [2.45, 2.75) is 19.1 Å². The fourth-order valence-electron chi connectivity index (χ4n) is 1.41. The Kier molecular flexibility index (Phi) is 5.61. The Morgan fingerprint density at radius 3 is 2.89 bits per heavy atom. The highest BCUT2D eigenvalue weighted by molar-refractivity contribution is 7.78. The number of isothiocyanates is 1. The maximum atomic E-state index is 10.7. The molecule has 0 saturated heterocycles. The Bertz CT molecular complexity index is 472. The van der Waals surface area contributed by atoms with E-state index >= 15 is 0 Å².